The number of unbranched alkanes of at least 4 members (excludes halogenated alkanes) is 2. The minimum atomic E-state index is -3.57. The zero-order valence-corrected chi connectivity index (χ0v) is 20.7. The average Bonchev–Trinajstić information content (AvgIpc) is 2.78. The van der Waals surface area contributed by atoms with Crippen LogP contribution >= 0.6 is 0 Å². The summed E-state index contributed by atoms with van der Waals surface area (Å²) in [5.74, 6) is 1.42. The number of hydrogen-bond acceptors (Lipinski definition) is 7. The fourth-order valence-electron chi connectivity index (χ4n) is 3.25. The standard InChI is InChI=1S/C24H33NO7S/c1-6-7-8-12-31-24-22(29-3)14-20(15-23(24)30-4)16-25(18(2)26)21-11-9-10-19(13-21)17-32-33(5,27)28/h9-11,13-15H,6-8,12,16-17H2,1-5H3. The zero-order chi connectivity index (χ0) is 24.4. The van der Waals surface area contributed by atoms with Crippen molar-refractivity contribution in [3.8, 4) is 17.2 Å². The normalized spacial score (nSPS) is 11.2. The Hall–Kier alpha value is -2.78. The average molecular weight is 480 g/mol. The largest absolute Gasteiger partial charge is 0.493 e. The molecule has 0 unspecified atom stereocenters. The van der Waals surface area contributed by atoms with E-state index in [9.17, 15) is 13.2 Å². The molecule has 0 atom stereocenters. The number of rotatable bonds is 13. The molecular formula is C24H33NO7S. The summed E-state index contributed by atoms with van der Waals surface area (Å²) in [5.41, 5.74) is 2.04. The Kier molecular flexibility index (Phi) is 9.99. The highest BCUT2D eigenvalue weighted by Crippen LogP contribution is 2.39. The number of anilines is 1. The highest BCUT2D eigenvalue weighted by molar-refractivity contribution is 7.85. The first-order chi connectivity index (χ1) is 15.7. The first kappa shape index (κ1) is 26.5. The molecule has 1 amide bonds. The molecule has 0 saturated carbocycles. The second-order valence-electron chi connectivity index (χ2n) is 7.63. The second-order valence-corrected chi connectivity index (χ2v) is 9.27. The summed E-state index contributed by atoms with van der Waals surface area (Å²) in [4.78, 5) is 14.1. The van der Waals surface area contributed by atoms with Crippen molar-refractivity contribution in [2.75, 3.05) is 32.0 Å². The van der Waals surface area contributed by atoms with Gasteiger partial charge in [-0.1, -0.05) is 31.9 Å². The Morgan fingerprint density at radius 2 is 1.67 bits per heavy atom. The lowest BCUT2D eigenvalue weighted by molar-refractivity contribution is -0.116. The minimum Gasteiger partial charge on any atom is -0.493 e. The Labute approximate surface area is 196 Å². The molecule has 182 valence electrons. The van der Waals surface area contributed by atoms with Crippen LogP contribution in [0.4, 0.5) is 5.69 Å². The number of carbonyl (C=O) groups is 1. The number of benzene rings is 2. The maximum absolute atomic E-state index is 12.5. The van der Waals surface area contributed by atoms with E-state index < -0.39 is 10.1 Å². The number of ether oxygens (including phenoxy) is 3. The van der Waals surface area contributed by atoms with Gasteiger partial charge in [0.2, 0.25) is 11.7 Å². The van der Waals surface area contributed by atoms with Gasteiger partial charge in [-0.2, -0.15) is 8.42 Å². The predicted molar refractivity (Wildman–Crippen MR) is 128 cm³/mol. The predicted octanol–water partition coefficient (Wildman–Crippen LogP) is 4.30. The van der Waals surface area contributed by atoms with Crippen molar-refractivity contribution in [3.05, 3.63) is 47.5 Å². The highest BCUT2D eigenvalue weighted by atomic mass is 32.2. The third kappa shape index (κ3) is 8.25. The summed E-state index contributed by atoms with van der Waals surface area (Å²) in [6.45, 7) is 4.31. The van der Waals surface area contributed by atoms with Crippen molar-refractivity contribution in [3.63, 3.8) is 0 Å². The summed E-state index contributed by atoms with van der Waals surface area (Å²) in [6.07, 6.45) is 4.10. The quantitative estimate of drug-likeness (QED) is 0.312. The Morgan fingerprint density at radius 3 is 2.21 bits per heavy atom. The third-order valence-electron chi connectivity index (χ3n) is 4.90. The number of methoxy groups -OCH3 is 2. The third-order valence-corrected chi connectivity index (χ3v) is 5.44. The van der Waals surface area contributed by atoms with Crippen LogP contribution < -0.4 is 19.1 Å². The van der Waals surface area contributed by atoms with E-state index in [1.807, 2.05) is 12.1 Å². The van der Waals surface area contributed by atoms with Gasteiger partial charge in [0.25, 0.3) is 10.1 Å². The Morgan fingerprint density at radius 1 is 1.00 bits per heavy atom. The van der Waals surface area contributed by atoms with Crippen LogP contribution in [0, 0.1) is 0 Å². The van der Waals surface area contributed by atoms with Gasteiger partial charge in [-0.05, 0) is 41.8 Å². The molecule has 0 aliphatic heterocycles. The van der Waals surface area contributed by atoms with Gasteiger partial charge < -0.3 is 19.1 Å². The van der Waals surface area contributed by atoms with Gasteiger partial charge >= 0.3 is 0 Å². The summed E-state index contributed by atoms with van der Waals surface area (Å²) in [7, 11) is -0.448. The molecular weight excluding hydrogens is 446 g/mol. The highest BCUT2D eigenvalue weighted by Gasteiger charge is 2.18. The molecule has 0 heterocycles. The van der Waals surface area contributed by atoms with E-state index in [4.69, 9.17) is 18.4 Å². The molecule has 0 bridgehead atoms. The first-order valence-electron chi connectivity index (χ1n) is 10.8. The van der Waals surface area contributed by atoms with Gasteiger partial charge in [-0.25, -0.2) is 0 Å². The second kappa shape index (κ2) is 12.5. The molecule has 9 heteroatoms. The molecule has 0 aliphatic carbocycles. The molecule has 0 saturated heterocycles. The minimum absolute atomic E-state index is 0.107. The number of nitrogens with zero attached hydrogens (tertiary/aromatic N) is 1. The molecule has 0 spiro atoms. The molecule has 0 aliphatic rings. The van der Waals surface area contributed by atoms with Gasteiger partial charge in [0.05, 0.1) is 40.2 Å². The van der Waals surface area contributed by atoms with Gasteiger partial charge in [-0.15, -0.1) is 0 Å². The van der Waals surface area contributed by atoms with E-state index in [0.717, 1.165) is 31.1 Å². The lowest BCUT2D eigenvalue weighted by Crippen LogP contribution is -2.28. The van der Waals surface area contributed by atoms with E-state index in [0.29, 0.717) is 35.1 Å². The number of amides is 1. The summed E-state index contributed by atoms with van der Waals surface area (Å²) < 4.78 is 44.5. The van der Waals surface area contributed by atoms with Crippen LogP contribution in [0.25, 0.3) is 0 Å². The fraction of sp³-hybridized carbons (Fsp3) is 0.458. The maximum Gasteiger partial charge on any atom is 0.264 e. The van der Waals surface area contributed by atoms with Gasteiger partial charge in [0.15, 0.2) is 11.5 Å². The fourth-order valence-corrected chi connectivity index (χ4v) is 3.60. The lowest BCUT2D eigenvalue weighted by Gasteiger charge is -2.23. The molecule has 0 aromatic heterocycles. The van der Waals surface area contributed by atoms with Crippen molar-refractivity contribution in [1.29, 1.82) is 0 Å². The number of carbonyl (C=O) groups excluding carboxylic acids is 1. The van der Waals surface area contributed by atoms with E-state index in [-0.39, 0.29) is 19.1 Å². The van der Waals surface area contributed by atoms with Gasteiger partial charge in [0, 0.05) is 12.6 Å². The smallest absolute Gasteiger partial charge is 0.264 e. The van der Waals surface area contributed by atoms with Crippen molar-refractivity contribution in [2.24, 2.45) is 0 Å². The van der Waals surface area contributed by atoms with Crippen LogP contribution in [0.1, 0.15) is 44.2 Å². The summed E-state index contributed by atoms with van der Waals surface area (Å²) >= 11 is 0. The molecule has 0 radical (unpaired) electrons. The van der Waals surface area contributed by atoms with Crippen LogP contribution in [0.2, 0.25) is 0 Å². The monoisotopic (exact) mass is 479 g/mol. The maximum atomic E-state index is 12.5. The van der Waals surface area contributed by atoms with Crippen LogP contribution in [-0.4, -0.2) is 41.4 Å². The van der Waals surface area contributed by atoms with Crippen LogP contribution in [0.3, 0.4) is 0 Å². The van der Waals surface area contributed by atoms with Crippen molar-refractivity contribution in [2.45, 2.75) is 46.3 Å². The molecule has 0 fully saturated rings. The van der Waals surface area contributed by atoms with Crippen LogP contribution in [0.5, 0.6) is 17.2 Å². The summed E-state index contributed by atoms with van der Waals surface area (Å²) in [6, 6.07) is 10.6. The van der Waals surface area contributed by atoms with E-state index in [1.165, 1.54) is 6.92 Å². The molecule has 8 nitrogen and oxygen atoms in total. The Bertz CT molecular complexity index is 1010. The zero-order valence-electron chi connectivity index (χ0n) is 19.9. The van der Waals surface area contributed by atoms with Crippen molar-refractivity contribution in [1.82, 2.24) is 0 Å². The molecule has 2 rings (SSSR count). The van der Waals surface area contributed by atoms with Gasteiger partial charge in [0.1, 0.15) is 0 Å². The van der Waals surface area contributed by atoms with E-state index in [1.54, 1.807) is 43.4 Å². The molecule has 33 heavy (non-hydrogen) atoms. The molecule has 2 aromatic rings. The van der Waals surface area contributed by atoms with E-state index in [2.05, 4.69) is 6.92 Å². The SMILES string of the molecule is CCCCCOc1c(OC)cc(CN(C(C)=O)c2cccc(COS(C)(=O)=O)c2)cc1OC. The first-order valence-corrected chi connectivity index (χ1v) is 12.6. The molecule has 2 aromatic carbocycles. The van der Waals surface area contributed by atoms with Gasteiger partial charge in [-0.3, -0.25) is 8.98 Å². The van der Waals surface area contributed by atoms with Crippen LogP contribution in [-0.2, 0) is 32.2 Å². The van der Waals surface area contributed by atoms with E-state index >= 15 is 0 Å². The Balaban J connectivity index is 2.29. The summed E-state index contributed by atoms with van der Waals surface area (Å²) in [5, 5.41) is 0. The topological polar surface area (TPSA) is 91.4 Å². The molecule has 0 N–H and O–H groups in total. The van der Waals surface area contributed by atoms with Crippen LogP contribution in [0.15, 0.2) is 36.4 Å². The number of hydrogen-bond donors (Lipinski definition) is 0. The van der Waals surface area contributed by atoms with Crippen molar-refractivity contribution < 1.29 is 31.6 Å². The van der Waals surface area contributed by atoms with Crippen molar-refractivity contribution >= 4 is 21.7 Å². The lowest BCUT2D eigenvalue weighted by atomic mass is 10.1.